The number of hydrogen-bond donors (Lipinski definition) is 2. The Hall–Kier alpha value is -1.27. The van der Waals surface area contributed by atoms with Crippen LogP contribution in [-0.4, -0.2) is 32.3 Å². The highest BCUT2D eigenvalue weighted by molar-refractivity contribution is 7.80. The van der Waals surface area contributed by atoms with Gasteiger partial charge in [0.05, 0.1) is 11.8 Å². The summed E-state index contributed by atoms with van der Waals surface area (Å²) in [6.45, 7) is 4.42. The summed E-state index contributed by atoms with van der Waals surface area (Å²) in [5.74, 6) is 0.644. The second kappa shape index (κ2) is 5.58. The fourth-order valence-electron chi connectivity index (χ4n) is 2.38. The lowest BCUT2D eigenvalue weighted by atomic mass is 10.00. The second-order valence-corrected chi connectivity index (χ2v) is 5.25. The average molecular weight is 265 g/mol. The van der Waals surface area contributed by atoms with Crippen molar-refractivity contribution >= 4 is 23.0 Å². The summed E-state index contributed by atoms with van der Waals surface area (Å²) in [5.41, 5.74) is 9.76. The standard InChI is InChI=1S/C12H19N5S/c1-8-4-3-5-9(2)17(8)16-12-10(11(13)18)6-7-14-15-12/h6-9H,3-5H2,1-2H3,(H2,13,18)(H,15,16). The molecule has 2 unspecified atom stereocenters. The first kappa shape index (κ1) is 13.2. The molecule has 1 saturated heterocycles. The Bertz CT molecular complexity index is 426. The molecule has 3 N–H and O–H groups in total. The van der Waals surface area contributed by atoms with E-state index in [0.717, 1.165) is 5.56 Å². The van der Waals surface area contributed by atoms with Crippen LogP contribution in [-0.2, 0) is 0 Å². The van der Waals surface area contributed by atoms with Crippen molar-refractivity contribution in [2.24, 2.45) is 5.73 Å². The van der Waals surface area contributed by atoms with Gasteiger partial charge in [-0.2, -0.15) is 5.10 Å². The van der Waals surface area contributed by atoms with Gasteiger partial charge in [0.1, 0.15) is 4.99 Å². The van der Waals surface area contributed by atoms with Gasteiger partial charge in [-0.15, -0.1) is 5.10 Å². The van der Waals surface area contributed by atoms with Crippen LogP contribution in [0.4, 0.5) is 5.82 Å². The van der Waals surface area contributed by atoms with Crippen LogP contribution in [0.15, 0.2) is 12.3 Å². The number of aromatic nitrogens is 2. The van der Waals surface area contributed by atoms with Gasteiger partial charge in [0.2, 0.25) is 0 Å². The lowest BCUT2D eigenvalue weighted by Crippen LogP contribution is -2.47. The van der Waals surface area contributed by atoms with Crippen LogP contribution < -0.4 is 11.2 Å². The molecular weight excluding hydrogens is 246 g/mol. The van der Waals surface area contributed by atoms with Crippen LogP contribution in [0.3, 0.4) is 0 Å². The summed E-state index contributed by atoms with van der Waals surface area (Å²) in [6.07, 6.45) is 5.23. The fourth-order valence-corrected chi connectivity index (χ4v) is 2.54. The summed E-state index contributed by atoms with van der Waals surface area (Å²) in [6, 6.07) is 2.72. The van der Waals surface area contributed by atoms with Crippen LogP contribution in [0, 0.1) is 0 Å². The van der Waals surface area contributed by atoms with Crippen molar-refractivity contribution in [2.45, 2.75) is 45.2 Å². The Morgan fingerprint density at radius 3 is 2.72 bits per heavy atom. The van der Waals surface area contributed by atoms with Gasteiger partial charge in [-0.25, -0.2) is 5.01 Å². The van der Waals surface area contributed by atoms with E-state index in [-0.39, 0.29) is 0 Å². The maximum atomic E-state index is 5.69. The molecule has 2 rings (SSSR count). The third-order valence-electron chi connectivity index (χ3n) is 3.41. The largest absolute Gasteiger partial charge is 0.389 e. The molecule has 18 heavy (non-hydrogen) atoms. The smallest absolute Gasteiger partial charge is 0.173 e. The monoisotopic (exact) mass is 265 g/mol. The quantitative estimate of drug-likeness (QED) is 0.811. The van der Waals surface area contributed by atoms with Gasteiger partial charge in [0, 0.05) is 12.1 Å². The molecule has 1 fully saturated rings. The maximum absolute atomic E-state index is 5.69. The van der Waals surface area contributed by atoms with Gasteiger partial charge in [-0.3, -0.25) is 0 Å². The molecule has 0 bridgehead atoms. The second-order valence-electron chi connectivity index (χ2n) is 4.81. The topological polar surface area (TPSA) is 67.1 Å². The van der Waals surface area contributed by atoms with E-state index in [0.29, 0.717) is 22.9 Å². The maximum Gasteiger partial charge on any atom is 0.173 e. The normalized spacial score (nSPS) is 24.8. The molecule has 0 amide bonds. The zero-order valence-corrected chi connectivity index (χ0v) is 11.6. The Labute approximate surface area is 113 Å². The van der Waals surface area contributed by atoms with Crippen LogP contribution in [0.25, 0.3) is 0 Å². The van der Waals surface area contributed by atoms with Crippen molar-refractivity contribution in [3.63, 3.8) is 0 Å². The van der Waals surface area contributed by atoms with Crippen molar-refractivity contribution in [3.05, 3.63) is 17.8 Å². The molecule has 1 aliphatic heterocycles. The highest BCUT2D eigenvalue weighted by Gasteiger charge is 2.25. The van der Waals surface area contributed by atoms with E-state index in [1.54, 1.807) is 12.3 Å². The lowest BCUT2D eigenvalue weighted by molar-refractivity contribution is 0.135. The predicted molar refractivity (Wildman–Crippen MR) is 76.2 cm³/mol. The third-order valence-corrected chi connectivity index (χ3v) is 3.63. The van der Waals surface area contributed by atoms with E-state index in [1.807, 2.05) is 0 Å². The molecule has 5 nitrogen and oxygen atoms in total. The molecule has 1 aromatic heterocycles. The molecule has 98 valence electrons. The molecule has 0 aromatic carbocycles. The Morgan fingerprint density at radius 2 is 2.11 bits per heavy atom. The Balaban J connectivity index is 2.20. The van der Waals surface area contributed by atoms with E-state index >= 15 is 0 Å². The first-order chi connectivity index (χ1) is 8.59. The molecule has 1 aliphatic rings. The van der Waals surface area contributed by atoms with Crippen molar-refractivity contribution in [1.82, 2.24) is 15.2 Å². The molecule has 2 heterocycles. The number of nitrogens with two attached hydrogens (primary N) is 1. The van der Waals surface area contributed by atoms with Gasteiger partial charge in [0.15, 0.2) is 5.82 Å². The third kappa shape index (κ3) is 2.76. The Morgan fingerprint density at radius 1 is 1.44 bits per heavy atom. The van der Waals surface area contributed by atoms with Crippen molar-refractivity contribution in [2.75, 3.05) is 5.43 Å². The molecular formula is C12H19N5S. The zero-order chi connectivity index (χ0) is 13.1. The van der Waals surface area contributed by atoms with Gasteiger partial charge >= 0.3 is 0 Å². The molecule has 0 aliphatic carbocycles. The molecule has 0 saturated carbocycles. The van der Waals surface area contributed by atoms with Crippen LogP contribution in [0.1, 0.15) is 38.7 Å². The van der Waals surface area contributed by atoms with Crippen LogP contribution in [0.5, 0.6) is 0 Å². The van der Waals surface area contributed by atoms with Crippen LogP contribution in [0.2, 0.25) is 0 Å². The molecule has 6 heteroatoms. The van der Waals surface area contributed by atoms with Gasteiger partial charge in [-0.1, -0.05) is 18.6 Å². The van der Waals surface area contributed by atoms with Crippen molar-refractivity contribution < 1.29 is 0 Å². The highest BCUT2D eigenvalue weighted by atomic mass is 32.1. The van der Waals surface area contributed by atoms with E-state index in [4.69, 9.17) is 18.0 Å². The van der Waals surface area contributed by atoms with Gasteiger partial charge in [-0.05, 0) is 32.8 Å². The van der Waals surface area contributed by atoms with Crippen LogP contribution >= 0.6 is 12.2 Å². The zero-order valence-electron chi connectivity index (χ0n) is 10.8. The van der Waals surface area contributed by atoms with Gasteiger partial charge < -0.3 is 11.2 Å². The predicted octanol–water partition coefficient (Wildman–Crippen LogP) is 1.70. The number of anilines is 1. The SMILES string of the molecule is CC1CCCC(C)N1Nc1nnccc1C(N)=S. The number of hydrazine groups is 1. The number of nitrogens with one attached hydrogen (secondary N) is 1. The minimum absolute atomic E-state index is 0.338. The number of nitrogens with zero attached hydrogens (tertiary/aromatic N) is 3. The number of thiocarbonyl (C=S) groups is 1. The van der Waals surface area contributed by atoms with E-state index in [9.17, 15) is 0 Å². The minimum Gasteiger partial charge on any atom is -0.389 e. The first-order valence-electron chi connectivity index (χ1n) is 6.26. The summed E-state index contributed by atoms with van der Waals surface area (Å²) in [7, 11) is 0. The number of rotatable bonds is 3. The van der Waals surface area contributed by atoms with Crippen molar-refractivity contribution in [1.29, 1.82) is 0 Å². The molecule has 0 radical (unpaired) electrons. The van der Waals surface area contributed by atoms with Gasteiger partial charge in [0.25, 0.3) is 0 Å². The lowest BCUT2D eigenvalue weighted by Gasteiger charge is -2.39. The average Bonchev–Trinajstić information content (AvgIpc) is 2.34. The summed E-state index contributed by atoms with van der Waals surface area (Å²) >= 11 is 5.03. The highest BCUT2D eigenvalue weighted by Crippen LogP contribution is 2.23. The summed E-state index contributed by atoms with van der Waals surface area (Å²) in [4.78, 5) is 0.338. The molecule has 1 aromatic rings. The summed E-state index contributed by atoms with van der Waals surface area (Å²) in [5, 5.41) is 10.2. The fraction of sp³-hybridized carbons (Fsp3) is 0.583. The molecule has 0 spiro atoms. The Kier molecular flexibility index (Phi) is 4.08. The molecule has 2 atom stereocenters. The minimum atomic E-state index is 0.338. The van der Waals surface area contributed by atoms with E-state index in [2.05, 4.69) is 34.5 Å². The van der Waals surface area contributed by atoms with Crippen molar-refractivity contribution in [3.8, 4) is 0 Å². The number of hydrogen-bond acceptors (Lipinski definition) is 5. The number of piperidine rings is 1. The summed E-state index contributed by atoms with van der Waals surface area (Å²) < 4.78 is 0. The van der Waals surface area contributed by atoms with E-state index < -0.39 is 0 Å². The first-order valence-corrected chi connectivity index (χ1v) is 6.67. The van der Waals surface area contributed by atoms with E-state index in [1.165, 1.54) is 19.3 Å².